The van der Waals surface area contributed by atoms with Crippen molar-refractivity contribution in [1.29, 1.82) is 0 Å². The molecule has 3 N–H and O–H groups in total. The van der Waals surface area contributed by atoms with Crippen LogP contribution in [-0.4, -0.2) is 23.1 Å². The molecule has 104 valence electrons. The van der Waals surface area contributed by atoms with Gasteiger partial charge in [-0.05, 0) is 25.0 Å². The van der Waals surface area contributed by atoms with E-state index in [2.05, 4.69) is 10.6 Å². The van der Waals surface area contributed by atoms with Crippen LogP contribution in [0.5, 0.6) is 0 Å². The second-order valence-corrected chi connectivity index (χ2v) is 4.57. The van der Waals surface area contributed by atoms with Crippen LogP contribution in [0.1, 0.15) is 31.9 Å². The van der Waals surface area contributed by atoms with E-state index in [1.807, 2.05) is 12.1 Å². The highest BCUT2D eigenvalue weighted by Crippen LogP contribution is 2.21. The van der Waals surface area contributed by atoms with Crippen LogP contribution in [-0.2, 0) is 4.79 Å². The van der Waals surface area contributed by atoms with Gasteiger partial charge < -0.3 is 15.7 Å². The zero-order valence-corrected chi connectivity index (χ0v) is 11.6. The molecule has 5 nitrogen and oxygen atoms in total. The van der Waals surface area contributed by atoms with Gasteiger partial charge in [0.05, 0.1) is 6.04 Å². The molecule has 0 spiro atoms. The van der Waals surface area contributed by atoms with E-state index in [0.29, 0.717) is 11.4 Å². The van der Waals surface area contributed by atoms with E-state index in [-0.39, 0.29) is 6.04 Å². The second-order valence-electron chi connectivity index (χ2n) is 4.16. The number of carbonyl (C=O) groups is 2. The first-order chi connectivity index (χ1) is 8.95. The third-order valence-electron chi connectivity index (χ3n) is 2.73. The molecule has 1 aromatic rings. The second kappa shape index (κ2) is 6.99. The van der Waals surface area contributed by atoms with Gasteiger partial charge in [-0.2, -0.15) is 0 Å². The van der Waals surface area contributed by atoms with Crippen molar-refractivity contribution in [2.45, 2.75) is 32.4 Å². The quantitative estimate of drug-likeness (QED) is 0.777. The van der Waals surface area contributed by atoms with Crippen molar-refractivity contribution in [2.75, 3.05) is 0 Å². The van der Waals surface area contributed by atoms with Crippen molar-refractivity contribution in [3.63, 3.8) is 0 Å². The van der Waals surface area contributed by atoms with E-state index in [9.17, 15) is 9.59 Å². The number of rotatable bonds is 5. The molecule has 19 heavy (non-hydrogen) atoms. The molecule has 1 aromatic carbocycles. The predicted molar refractivity (Wildman–Crippen MR) is 73.2 cm³/mol. The lowest BCUT2D eigenvalue weighted by Gasteiger charge is -2.18. The van der Waals surface area contributed by atoms with E-state index in [1.165, 1.54) is 0 Å². The number of carbonyl (C=O) groups excluding carboxylic acids is 1. The molecule has 0 aromatic heterocycles. The normalized spacial score (nSPS) is 13.4. The van der Waals surface area contributed by atoms with Gasteiger partial charge in [0.15, 0.2) is 0 Å². The van der Waals surface area contributed by atoms with Crippen LogP contribution in [0.15, 0.2) is 24.3 Å². The first-order valence-electron chi connectivity index (χ1n) is 6.00. The highest BCUT2D eigenvalue weighted by Gasteiger charge is 2.19. The number of carboxylic acids is 1. The van der Waals surface area contributed by atoms with Crippen LogP contribution in [0.4, 0.5) is 4.79 Å². The van der Waals surface area contributed by atoms with Crippen LogP contribution in [0.2, 0.25) is 5.02 Å². The number of urea groups is 1. The monoisotopic (exact) mass is 284 g/mol. The molecule has 1 unspecified atom stereocenters. The van der Waals surface area contributed by atoms with Crippen molar-refractivity contribution < 1.29 is 14.7 Å². The summed E-state index contributed by atoms with van der Waals surface area (Å²) in [7, 11) is 0. The van der Waals surface area contributed by atoms with Gasteiger partial charge in [0, 0.05) is 5.02 Å². The van der Waals surface area contributed by atoms with Crippen molar-refractivity contribution in [3.8, 4) is 0 Å². The summed E-state index contributed by atoms with van der Waals surface area (Å²) in [6.45, 7) is 3.47. The van der Waals surface area contributed by atoms with Crippen LogP contribution < -0.4 is 10.6 Å². The third-order valence-corrected chi connectivity index (χ3v) is 3.08. The molecule has 0 saturated carbocycles. The van der Waals surface area contributed by atoms with E-state index in [0.717, 1.165) is 5.56 Å². The fourth-order valence-electron chi connectivity index (χ4n) is 1.64. The molecular weight excluding hydrogens is 268 g/mol. The highest BCUT2D eigenvalue weighted by atomic mass is 35.5. The molecule has 0 saturated heterocycles. The molecule has 0 heterocycles. The first-order valence-corrected chi connectivity index (χ1v) is 6.37. The smallest absolute Gasteiger partial charge is 0.326 e. The van der Waals surface area contributed by atoms with E-state index in [1.54, 1.807) is 26.0 Å². The number of amides is 2. The number of halogens is 1. The van der Waals surface area contributed by atoms with Crippen LogP contribution in [0.3, 0.4) is 0 Å². The van der Waals surface area contributed by atoms with Crippen molar-refractivity contribution in [3.05, 3.63) is 34.9 Å². The van der Waals surface area contributed by atoms with E-state index < -0.39 is 18.0 Å². The van der Waals surface area contributed by atoms with Gasteiger partial charge >= 0.3 is 12.0 Å². The van der Waals surface area contributed by atoms with Gasteiger partial charge in [-0.15, -0.1) is 0 Å². The Morgan fingerprint density at radius 1 is 1.32 bits per heavy atom. The fourth-order valence-corrected chi connectivity index (χ4v) is 1.94. The number of aliphatic carboxylic acids is 1. The Bertz CT molecular complexity index is 465. The lowest BCUT2D eigenvalue weighted by Crippen LogP contribution is -2.46. The van der Waals surface area contributed by atoms with Crippen molar-refractivity contribution in [1.82, 2.24) is 10.6 Å². The molecule has 0 fully saturated rings. The Labute approximate surface area is 117 Å². The summed E-state index contributed by atoms with van der Waals surface area (Å²) < 4.78 is 0. The van der Waals surface area contributed by atoms with Crippen molar-refractivity contribution in [2.24, 2.45) is 0 Å². The number of nitrogens with one attached hydrogen (secondary N) is 2. The van der Waals surface area contributed by atoms with Gasteiger partial charge in [-0.25, -0.2) is 9.59 Å². The first kappa shape index (κ1) is 15.3. The third kappa shape index (κ3) is 4.44. The van der Waals surface area contributed by atoms with Gasteiger partial charge in [0.2, 0.25) is 0 Å². The molecule has 0 aliphatic heterocycles. The topological polar surface area (TPSA) is 78.4 Å². The molecule has 0 aliphatic rings. The minimum absolute atomic E-state index is 0.306. The van der Waals surface area contributed by atoms with Crippen LogP contribution in [0, 0.1) is 0 Å². The minimum Gasteiger partial charge on any atom is -0.480 e. The van der Waals surface area contributed by atoms with Gasteiger partial charge in [-0.3, -0.25) is 0 Å². The maximum absolute atomic E-state index is 11.7. The highest BCUT2D eigenvalue weighted by molar-refractivity contribution is 6.31. The number of hydrogen-bond donors (Lipinski definition) is 3. The summed E-state index contributed by atoms with van der Waals surface area (Å²) in [5, 5.41) is 14.5. The molecular formula is C13H17ClN2O3. The van der Waals surface area contributed by atoms with E-state index in [4.69, 9.17) is 16.7 Å². The maximum Gasteiger partial charge on any atom is 0.326 e. The Hall–Kier alpha value is -1.75. The summed E-state index contributed by atoms with van der Waals surface area (Å²) in [6, 6.07) is 5.44. The molecule has 1 rings (SSSR count). The SMILES string of the molecule is CC[C@@H](NC(=O)NC(C)c1ccccc1Cl)C(=O)O. The van der Waals surface area contributed by atoms with Gasteiger partial charge in [-0.1, -0.05) is 36.7 Å². The van der Waals surface area contributed by atoms with Crippen LogP contribution >= 0.6 is 11.6 Å². The lowest BCUT2D eigenvalue weighted by atomic mass is 10.1. The minimum atomic E-state index is -1.05. The Kier molecular flexibility index (Phi) is 5.63. The summed E-state index contributed by atoms with van der Waals surface area (Å²) in [4.78, 5) is 22.5. The largest absolute Gasteiger partial charge is 0.480 e. The molecule has 2 atom stereocenters. The summed E-state index contributed by atoms with van der Waals surface area (Å²) in [5.74, 6) is -1.05. The van der Waals surface area contributed by atoms with Crippen LogP contribution in [0.25, 0.3) is 0 Å². The zero-order chi connectivity index (χ0) is 14.4. The summed E-state index contributed by atoms with van der Waals surface area (Å²) >= 11 is 6.02. The Balaban J connectivity index is 2.62. The Morgan fingerprint density at radius 3 is 2.47 bits per heavy atom. The average molecular weight is 285 g/mol. The fraction of sp³-hybridized carbons (Fsp3) is 0.385. The molecule has 2 amide bonds. The van der Waals surface area contributed by atoms with Crippen molar-refractivity contribution >= 4 is 23.6 Å². The Morgan fingerprint density at radius 2 is 1.95 bits per heavy atom. The molecule has 0 radical (unpaired) electrons. The van der Waals surface area contributed by atoms with Gasteiger partial charge in [0.25, 0.3) is 0 Å². The standard InChI is InChI=1S/C13H17ClN2O3/c1-3-11(12(17)18)16-13(19)15-8(2)9-6-4-5-7-10(9)14/h4-8,11H,3H2,1-2H3,(H,17,18)(H2,15,16,19)/t8?,11-/m1/s1. The number of benzene rings is 1. The summed E-state index contributed by atoms with van der Waals surface area (Å²) in [6.07, 6.45) is 0.323. The number of carboxylic acid groups (broad SMARTS) is 1. The molecule has 6 heteroatoms. The zero-order valence-electron chi connectivity index (χ0n) is 10.8. The summed E-state index contributed by atoms with van der Waals surface area (Å²) in [5.41, 5.74) is 0.780. The lowest BCUT2D eigenvalue weighted by molar-refractivity contribution is -0.139. The molecule has 0 aliphatic carbocycles. The van der Waals surface area contributed by atoms with E-state index >= 15 is 0 Å². The predicted octanol–water partition coefficient (Wildman–Crippen LogP) is 2.56. The van der Waals surface area contributed by atoms with Gasteiger partial charge in [0.1, 0.15) is 6.04 Å². The number of hydrogen-bond acceptors (Lipinski definition) is 2. The average Bonchev–Trinajstić information content (AvgIpc) is 2.35. The molecule has 0 bridgehead atoms. The maximum atomic E-state index is 11.7.